The predicted molar refractivity (Wildman–Crippen MR) is 71.2 cm³/mol. The van der Waals surface area contributed by atoms with Gasteiger partial charge in [0.1, 0.15) is 0 Å². The predicted octanol–water partition coefficient (Wildman–Crippen LogP) is 2.96. The number of carbonyl (C=O) groups excluding carboxylic acids is 2. The van der Waals surface area contributed by atoms with Crippen LogP contribution in [0.25, 0.3) is 6.08 Å². The van der Waals surface area contributed by atoms with Crippen molar-refractivity contribution < 1.29 is 14.3 Å². The zero-order chi connectivity index (χ0) is 13.7. The van der Waals surface area contributed by atoms with Crippen molar-refractivity contribution in [2.24, 2.45) is 0 Å². The highest BCUT2D eigenvalue weighted by atomic mass is 16.5. The van der Waals surface area contributed by atoms with Crippen LogP contribution in [-0.2, 0) is 14.3 Å². The molecule has 0 aromatic heterocycles. The number of methoxy groups -OCH3 is 1. The number of benzene rings is 1. The van der Waals surface area contributed by atoms with Gasteiger partial charge in [0.15, 0.2) is 5.78 Å². The first kappa shape index (κ1) is 14.2. The van der Waals surface area contributed by atoms with E-state index >= 15 is 0 Å². The second kappa shape index (κ2) is 6.15. The molecule has 0 heterocycles. The van der Waals surface area contributed by atoms with Crippen LogP contribution in [0.15, 0.2) is 29.8 Å². The summed E-state index contributed by atoms with van der Waals surface area (Å²) < 4.78 is 4.70. The van der Waals surface area contributed by atoms with E-state index in [2.05, 4.69) is 0 Å². The van der Waals surface area contributed by atoms with E-state index in [0.29, 0.717) is 5.57 Å². The largest absolute Gasteiger partial charge is 0.469 e. The van der Waals surface area contributed by atoms with E-state index in [1.807, 2.05) is 30.3 Å². The van der Waals surface area contributed by atoms with Crippen LogP contribution < -0.4 is 0 Å². The van der Waals surface area contributed by atoms with Gasteiger partial charge in [-0.25, -0.2) is 0 Å². The minimum absolute atomic E-state index is 0.0574. The number of esters is 1. The van der Waals surface area contributed by atoms with Gasteiger partial charge in [0.25, 0.3) is 0 Å². The molecule has 0 bridgehead atoms. The van der Waals surface area contributed by atoms with Crippen molar-refractivity contribution in [2.45, 2.75) is 26.7 Å². The minimum Gasteiger partial charge on any atom is -0.469 e. The molecular weight excluding hydrogens is 228 g/mol. The second-order valence-corrected chi connectivity index (χ2v) is 4.30. The van der Waals surface area contributed by atoms with Gasteiger partial charge < -0.3 is 4.74 Å². The van der Waals surface area contributed by atoms with Crippen LogP contribution in [0.3, 0.4) is 0 Å². The van der Waals surface area contributed by atoms with E-state index in [9.17, 15) is 9.59 Å². The third-order valence-corrected chi connectivity index (χ3v) is 2.93. The molecule has 1 aromatic rings. The first-order valence-electron chi connectivity index (χ1n) is 5.82. The van der Waals surface area contributed by atoms with Gasteiger partial charge in [0.05, 0.1) is 13.0 Å². The number of Topliss-reactive ketones (excluding diaryl/α,β-unsaturated/α-hetero) is 1. The molecule has 1 unspecified atom stereocenters. The molecule has 3 nitrogen and oxygen atoms in total. The van der Waals surface area contributed by atoms with Crippen LogP contribution in [0.4, 0.5) is 0 Å². The molecule has 3 heteroatoms. The van der Waals surface area contributed by atoms with E-state index in [1.165, 1.54) is 7.11 Å². The normalized spacial score (nSPS) is 13.0. The van der Waals surface area contributed by atoms with Gasteiger partial charge in [-0.15, -0.1) is 0 Å². The summed E-state index contributed by atoms with van der Waals surface area (Å²) in [6, 6.07) is 7.53. The lowest BCUT2D eigenvalue weighted by Gasteiger charge is -2.09. The Balaban J connectivity index is 2.90. The molecule has 96 valence electrons. The summed E-state index contributed by atoms with van der Waals surface area (Å²) in [4.78, 5) is 22.5. The van der Waals surface area contributed by atoms with E-state index in [-0.39, 0.29) is 17.7 Å². The lowest BCUT2D eigenvalue weighted by Crippen LogP contribution is -2.10. The Hall–Kier alpha value is -1.90. The summed E-state index contributed by atoms with van der Waals surface area (Å²) in [5.74, 6) is -0.470. The first-order chi connectivity index (χ1) is 8.45. The Morgan fingerprint density at radius 2 is 1.72 bits per heavy atom. The number of rotatable bonds is 4. The van der Waals surface area contributed by atoms with Crippen LogP contribution in [0, 0.1) is 0 Å². The fourth-order valence-corrected chi connectivity index (χ4v) is 1.55. The van der Waals surface area contributed by atoms with Gasteiger partial charge in [-0.3, -0.25) is 9.59 Å². The third-order valence-electron chi connectivity index (χ3n) is 2.93. The SMILES string of the molecule is COC(=O)C(C)c1ccc(C=C(C)C(C)=O)cc1. The van der Waals surface area contributed by atoms with E-state index in [4.69, 9.17) is 4.74 Å². The van der Waals surface area contributed by atoms with E-state index in [1.54, 1.807) is 20.8 Å². The van der Waals surface area contributed by atoms with Crippen molar-refractivity contribution >= 4 is 17.8 Å². The van der Waals surface area contributed by atoms with Crippen molar-refractivity contribution in [2.75, 3.05) is 7.11 Å². The highest BCUT2D eigenvalue weighted by molar-refractivity contribution is 5.97. The van der Waals surface area contributed by atoms with E-state index < -0.39 is 0 Å². The maximum Gasteiger partial charge on any atom is 0.312 e. The molecule has 18 heavy (non-hydrogen) atoms. The highest BCUT2D eigenvalue weighted by Gasteiger charge is 2.14. The van der Waals surface area contributed by atoms with Crippen LogP contribution in [-0.4, -0.2) is 18.9 Å². The molecule has 0 saturated carbocycles. The molecule has 0 aliphatic carbocycles. The van der Waals surface area contributed by atoms with Crippen LogP contribution in [0.2, 0.25) is 0 Å². The maximum atomic E-state index is 11.4. The molecule has 0 spiro atoms. The van der Waals surface area contributed by atoms with Crippen molar-refractivity contribution in [3.8, 4) is 0 Å². The molecule has 0 fully saturated rings. The molecular formula is C15H18O3. The summed E-state index contributed by atoms with van der Waals surface area (Å²) in [5.41, 5.74) is 2.56. The summed E-state index contributed by atoms with van der Waals surface area (Å²) in [6.45, 7) is 5.13. The van der Waals surface area contributed by atoms with Crippen molar-refractivity contribution in [1.29, 1.82) is 0 Å². The minimum atomic E-state index is -0.276. The van der Waals surface area contributed by atoms with Crippen LogP contribution in [0.5, 0.6) is 0 Å². The lowest BCUT2D eigenvalue weighted by molar-refractivity contribution is -0.142. The monoisotopic (exact) mass is 246 g/mol. The smallest absolute Gasteiger partial charge is 0.312 e. The molecule has 0 amide bonds. The maximum absolute atomic E-state index is 11.4. The number of hydrogen-bond acceptors (Lipinski definition) is 3. The molecule has 1 aromatic carbocycles. The molecule has 0 radical (unpaired) electrons. The summed E-state index contributed by atoms with van der Waals surface area (Å²) in [5, 5.41) is 0. The molecule has 0 aliphatic heterocycles. The number of hydrogen-bond donors (Lipinski definition) is 0. The first-order valence-corrected chi connectivity index (χ1v) is 5.82. The zero-order valence-corrected chi connectivity index (χ0v) is 11.2. The quantitative estimate of drug-likeness (QED) is 0.606. The van der Waals surface area contributed by atoms with Crippen LogP contribution >= 0.6 is 0 Å². The number of carbonyl (C=O) groups is 2. The second-order valence-electron chi connectivity index (χ2n) is 4.30. The Labute approximate surface area is 107 Å². The molecule has 0 saturated heterocycles. The van der Waals surface area contributed by atoms with Crippen LogP contribution in [0.1, 0.15) is 37.8 Å². The highest BCUT2D eigenvalue weighted by Crippen LogP contribution is 2.18. The van der Waals surface area contributed by atoms with Gasteiger partial charge in [0, 0.05) is 0 Å². The average molecular weight is 246 g/mol. The number of ether oxygens (including phenoxy) is 1. The fourth-order valence-electron chi connectivity index (χ4n) is 1.55. The van der Waals surface area contributed by atoms with Crippen molar-refractivity contribution in [1.82, 2.24) is 0 Å². The Morgan fingerprint density at radius 1 is 1.17 bits per heavy atom. The summed E-state index contributed by atoms with van der Waals surface area (Å²) in [6.07, 6.45) is 1.83. The molecule has 1 rings (SSSR count). The van der Waals surface area contributed by atoms with Crippen molar-refractivity contribution in [3.63, 3.8) is 0 Å². The van der Waals surface area contributed by atoms with Crippen molar-refractivity contribution in [3.05, 3.63) is 41.0 Å². The van der Waals surface area contributed by atoms with Gasteiger partial charge in [0.2, 0.25) is 0 Å². The van der Waals surface area contributed by atoms with E-state index in [0.717, 1.165) is 11.1 Å². The molecule has 0 aliphatic rings. The Kier molecular flexibility index (Phi) is 4.84. The standard InChI is InChI=1S/C15H18O3/c1-10(12(3)16)9-13-5-7-14(8-6-13)11(2)15(17)18-4/h5-9,11H,1-4H3. The van der Waals surface area contributed by atoms with Gasteiger partial charge in [-0.05, 0) is 43.5 Å². The number of ketones is 1. The fraction of sp³-hybridized carbons (Fsp3) is 0.333. The van der Waals surface area contributed by atoms with Gasteiger partial charge in [-0.1, -0.05) is 24.3 Å². The topological polar surface area (TPSA) is 43.4 Å². The Bertz CT molecular complexity index is 469. The van der Waals surface area contributed by atoms with Gasteiger partial charge in [-0.2, -0.15) is 0 Å². The molecule has 0 N–H and O–H groups in total. The Morgan fingerprint density at radius 3 is 2.17 bits per heavy atom. The summed E-state index contributed by atoms with van der Waals surface area (Å²) >= 11 is 0. The van der Waals surface area contributed by atoms with Gasteiger partial charge >= 0.3 is 5.97 Å². The average Bonchev–Trinajstić information content (AvgIpc) is 2.37. The summed E-state index contributed by atoms with van der Waals surface area (Å²) in [7, 11) is 1.38. The zero-order valence-electron chi connectivity index (χ0n) is 11.2. The number of allylic oxidation sites excluding steroid dienone is 1. The molecule has 1 atom stereocenters. The third kappa shape index (κ3) is 3.55. The lowest BCUT2D eigenvalue weighted by atomic mass is 9.99.